The summed E-state index contributed by atoms with van der Waals surface area (Å²) in [5.74, 6) is 0.731. The Kier molecular flexibility index (Phi) is 4.84. The Morgan fingerprint density at radius 3 is 2.34 bits per heavy atom. The zero-order valence-corrected chi connectivity index (χ0v) is 17.2. The molecule has 3 heterocycles. The zero-order chi connectivity index (χ0) is 19.6. The van der Waals surface area contributed by atoms with Gasteiger partial charge in [-0.3, -0.25) is 9.36 Å². The minimum absolute atomic E-state index is 0.0401. The van der Waals surface area contributed by atoms with Crippen molar-refractivity contribution in [2.45, 2.75) is 13.0 Å². The summed E-state index contributed by atoms with van der Waals surface area (Å²) in [7, 11) is 0. The third kappa shape index (κ3) is 3.55. The molecular formula is C24H18N2OS2. The summed E-state index contributed by atoms with van der Waals surface area (Å²) in [6.07, 6.45) is 0.791. The van der Waals surface area contributed by atoms with Gasteiger partial charge >= 0.3 is 0 Å². The topological polar surface area (TPSA) is 34.9 Å². The predicted octanol–water partition coefficient (Wildman–Crippen LogP) is 6.10. The number of rotatable bonds is 5. The van der Waals surface area contributed by atoms with E-state index < -0.39 is 0 Å². The van der Waals surface area contributed by atoms with Crippen molar-refractivity contribution in [2.24, 2.45) is 0 Å². The van der Waals surface area contributed by atoms with E-state index in [1.165, 1.54) is 27.3 Å². The van der Waals surface area contributed by atoms with Gasteiger partial charge in [-0.25, -0.2) is 4.98 Å². The molecule has 0 amide bonds. The van der Waals surface area contributed by atoms with E-state index in [2.05, 4.69) is 53.9 Å². The first-order chi connectivity index (χ1) is 14.3. The molecule has 0 spiro atoms. The van der Waals surface area contributed by atoms with E-state index in [0.29, 0.717) is 6.54 Å². The minimum atomic E-state index is 0.0401. The highest BCUT2D eigenvalue weighted by Gasteiger charge is 2.14. The van der Waals surface area contributed by atoms with E-state index in [1.54, 1.807) is 11.3 Å². The van der Waals surface area contributed by atoms with Crippen LogP contribution in [-0.2, 0) is 13.0 Å². The molecule has 2 aromatic carbocycles. The zero-order valence-electron chi connectivity index (χ0n) is 15.6. The van der Waals surface area contributed by atoms with Crippen LogP contribution in [0, 0.1) is 0 Å². The molecule has 0 aliphatic rings. The molecule has 0 aliphatic carbocycles. The Balaban J connectivity index is 1.57. The van der Waals surface area contributed by atoms with Crippen LogP contribution in [0.3, 0.4) is 0 Å². The molecule has 29 heavy (non-hydrogen) atoms. The highest BCUT2D eigenvalue weighted by atomic mass is 32.1. The molecule has 0 saturated heterocycles. The van der Waals surface area contributed by atoms with Crippen molar-refractivity contribution in [3.05, 3.63) is 99.5 Å². The largest absolute Gasteiger partial charge is 0.291 e. The Morgan fingerprint density at radius 1 is 0.793 bits per heavy atom. The Morgan fingerprint density at radius 2 is 1.59 bits per heavy atom. The number of aryl methyl sites for hydroxylation is 1. The molecule has 0 aliphatic heterocycles. The molecule has 142 valence electrons. The summed E-state index contributed by atoms with van der Waals surface area (Å²) in [4.78, 5) is 19.3. The van der Waals surface area contributed by atoms with E-state index in [0.717, 1.165) is 28.0 Å². The smallest absolute Gasteiger partial charge is 0.271 e. The molecule has 0 fully saturated rings. The second-order valence-corrected chi connectivity index (χ2v) is 8.68. The molecule has 5 rings (SSSR count). The molecule has 3 nitrogen and oxygen atoms in total. The number of benzene rings is 2. The number of hydrogen-bond acceptors (Lipinski definition) is 4. The van der Waals surface area contributed by atoms with Crippen molar-refractivity contribution >= 4 is 32.9 Å². The van der Waals surface area contributed by atoms with Gasteiger partial charge in [0.15, 0.2) is 0 Å². The van der Waals surface area contributed by atoms with E-state index in [1.807, 2.05) is 34.2 Å². The fraction of sp³-hybridized carbons (Fsp3) is 0.0833. The molecule has 0 N–H and O–H groups in total. The number of nitrogens with zero attached hydrogens (tertiary/aromatic N) is 2. The molecule has 0 unspecified atom stereocenters. The summed E-state index contributed by atoms with van der Waals surface area (Å²) in [5, 5.41) is 4.01. The first-order valence-electron chi connectivity index (χ1n) is 9.46. The monoisotopic (exact) mass is 414 g/mol. The van der Waals surface area contributed by atoms with Crippen LogP contribution in [0.5, 0.6) is 0 Å². The van der Waals surface area contributed by atoms with E-state index >= 15 is 0 Å². The maximum Gasteiger partial charge on any atom is 0.271 e. The standard InChI is InChI=1S/C24H18N2OS2/c27-24-22-20(13-16-29-22)25-23(26(24)14-12-17-5-2-1-3-6-17)19-10-8-18(9-11-19)21-7-4-15-28-21/h1-11,13,15-16H,12,14H2. The van der Waals surface area contributed by atoms with Gasteiger partial charge < -0.3 is 0 Å². The average Bonchev–Trinajstić information content (AvgIpc) is 3.46. The third-order valence-corrected chi connectivity index (χ3v) is 6.79. The van der Waals surface area contributed by atoms with Crippen molar-refractivity contribution in [3.63, 3.8) is 0 Å². The first kappa shape index (κ1) is 18.0. The van der Waals surface area contributed by atoms with E-state index in [-0.39, 0.29) is 5.56 Å². The van der Waals surface area contributed by atoms with Crippen molar-refractivity contribution in [1.82, 2.24) is 9.55 Å². The predicted molar refractivity (Wildman–Crippen MR) is 123 cm³/mol. The summed E-state index contributed by atoms with van der Waals surface area (Å²) in [6, 6.07) is 24.7. The van der Waals surface area contributed by atoms with Crippen LogP contribution in [0.2, 0.25) is 0 Å². The lowest BCUT2D eigenvalue weighted by atomic mass is 10.1. The molecule has 3 aromatic heterocycles. The van der Waals surface area contributed by atoms with Gasteiger partial charge in [-0.1, -0.05) is 60.7 Å². The van der Waals surface area contributed by atoms with Crippen LogP contribution >= 0.6 is 22.7 Å². The normalized spacial score (nSPS) is 11.2. The highest BCUT2D eigenvalue weighted by Crippen LogP contribution is 2.28. The van der Waals surface area contributed by atoms with Gasteiger partial charge in [0.05, 0.1) is 5.52 Å². The quantitative estimate of drug-likeness (QED) is 0.348. The second kappa shape index (κ2) is 7.78. The lowest BCUT2D eigenvalue weighted by Gasteiger charge is -2.13. The average molecular weight is 415 g/mol. The lowest BCUT2D eigenvalue weighted by molar-refractivity contribution is 0.672. The first-order valence-corrected chi connectivity index (χ1v) is 11.2. The second-order valence-electron chi connectivity index (χ2n) is 6.82. The van der Waals surface area contributed by atoms with Gasteiger partial charge in [-0.05, 0) is 40.4 Å². The number of hydrogen-bond donors (Lipinski definition) is 0. The Labute approximate surface area is 176 Å². The summed E-state index contributed by atoms with van der Waals surface area (Å²) < 4.78 is 2.54. The van der Waals surface area contributed by atoms with Gasteiger partial charge in [0, 0.05) is 17.0 Å². The van der Waals surface area contributed by atoms with Crippen LogP contribution < -0.4 is 5.56 Å². The number of thiophene rings is 2. The number of fused-ring (bicyclic) bond motifs is 1. The molecule has 0 atom stereocenters. The molecular weight excluding hydrogens is 396 g/mol. The summed E-state index contributed by atoms with van der Waals surface area (Å²) in [5.41, 5.74) is 4.17. The fourth-order valence-electron chi connectivity index (χ4n) is 3.48. The van der Waals surface area contributed by atoms with Crippen LogP contribution in [0.25, 0.3) is 32.0 Å². The van der Waals surface area contributed by atoms with E-state index in [4.69, 9.17) is 4.98 Å². The van der Waals surface area contributed by atoms with Gasteiger partial charge in [0.1, 0.15) is 10.5 Å². The van der Waals surface area contributed by atoms with Crippen LogP contribution in [0.1, 0.15) is 5.56 Å². The molecule has 0 saturated carbocycles. The SMILES string of the molecule is O=c1c2sccc2nc(-c2ccc(-c3cccs3)cc2)n1CCc1ccccc1. The van der Waals surface area contributed by atoms with Gasteiger partial charge in [-0.2, -0.15) is 0 Å². The fourth-order valence-corrected chi connectivity index (χ4v) is 5.00. The minimum Gasteiger partial charge on any atom is -0.291 e. The maximum atomic E-state index is 13.2. The van der Waals surface area contributed by atoms with Crippen LogP contribution in [-0.4, -0.2) is 9.55 Å². The van der Waals surface area contributed by atoms with Gasteiger partial charge in [0.25, 0.3) is 5.56 Å². The van der Waals surface area contributed by atoms with Crippen molar-refractivity contribution in [1.29, 1.82) is 0 Å². The van der Waals surface area contributed by atoms with Crippen LogP contribution in [0.4, 0.5) is 0 Å². The van der Waals surface area contributed by atoms with Gasteiger partial charge in [-0.15, -0.1) is 22.7 Å². The highest BCUT2D eigenvalue weighted by molar-refractivity contribution is 7.17. The van der Waals surface area contributed by atoms with Crippen molar-refractivity contribution in [2.75, 3.05) is 0 Å². The van der Waals surface area contributed by atoms with Crippen molar-refractivity contribution in [3.8, 4) is 21.8 Å². The Hall–Kier alpha value is -3.02. The molecule has 5 aromatic rings. The maximum absolute atomic E-state index is 13.2. The molecule has 0 bridgehead atoms. The number of aromatic nitrogens is 2. The van der Waals surface area contributed by atoms with Gasteiger partial charge in [0.2, 0.25) is 0 Å². The van der Waals surface area contributed by atoms with Crippen LogP contribution in [0.15, 0.2) is 88.4 Å². The molecule has 5 heteroatoms. The van der Waals surface area contributed by atoms with E-state index in [9.17, 15) is 4.79 Å². The summed E-state index contributed by atoms with van der Waals surface area (Å²) >= 11 is 3.18. The lowest BCUT2D eigenvalue weighted by Crippen LogP contribution is -2.23. The Bertz CT molecular complexity index is 1300. The van der Waals surface area contributed by atoms with Crippen molar-refractivity contribution < 1.29 is 0 Å². The summed E-state index contributed by atoms with van der Waals surface area (Å²) in [6.45, 7) is 0.603. The molecule has 0 radical (unpaired) electrons. The third-order valence-electron chi connectivity index (χ3n) is 4.98.